The van der Waals surface area contributed by atoms with Crippen LogP contribution in [-0.4, -0.2) is 16.8 Å². The lowest BCUT2D eigenvalue weighted by Crippen LogP contribution is -2.33. The van der Waals surface area contributed by atoms with Gasteiger partial charge in [0, 0.05) is 18.1 Å². The molecule has 1 aromatic rings. The van der Waals surface area contributed by atoms with Gasteiger partial charge in [-0.1, -0.05) is 31.2 Å². The zero-order valence-corrected chi connectivity index (χ0v) is 9.96. The highest BCUT2D eigenvalue weighted by molar-refractivity contribution is 5.61. The number of aliphatic hydroxyl groups excluding tert-OH is 1. The lowest BCUT2D eigenvalue weighted by atomic mass is 9.99. The number of fused-ring (bicyclic) bond motifs is 1. The number of hydrogen-bond donors (Lipinski definition) is 2. The van der Waals surface area contributed by atoms with E-state index in [1.54, 1.807) is 30.4 Å². The summed E-state index contributed by atoms with van der Waals surface area (Å²) in [5, 5.41) is 19.5. The molecule has 0 aliphatic heterocycles. The Bertz CT molecular complexity index is 677. The molecule has 4 nitrogen and oxygen atoms in total. The summed E-state index contributed by atoms with van der Waals surface area (Å²) in [6.45, 7) is 1.75. The Balaban J connectivity index is 2.95. The van der Waals surface area contributed by atoms with Gasteiger partial charge in [0.05, 0.1) is 11.3 Å². The van der Waals surface area contributed by atoms with Crippen LogP contribution in [0.5, 0.6) is 5.75 Å². The van der Waals surface area contributed by atoms with E-state index in [2.05, 4.69) is 0 Å². The maximum Gasteiger partial charge on any atom is 0.339 e. The van der Waals surface area contributed by atoms with E-state index in [9.17, 15) is 15.0 Å². The van der Waals surface area contributed by atoms with Crippen LogP contribution in [-0.2, 0) is 0 Å². The first kappa shape index (κ1) is 12.4. The number of rotatable bonds is 2. The molecule has 0 saturated carbocycles. The second kappa shape index (κ2) is 5.06. The standard InChI is InChI=1S/C14H14O4/c1-9(8-15)10-5-3-2-4-6-11-12(16)7-13(17)18-14(10)11/h2-7,9,15-16H,8H2,1H3/b3-2?,4-2-,5-3?,6-4?,10-5?,11-6-,14-10?. The summed E-state index contributed by atoms with van der Waals surface area (Å²) >= 11 is 0. The van der Waals surface area contributed by atoms with Crippen LogP contribution < -0.4 is 16.3 Å². The van der Waals surface area contributed by atoms with Crippen LogP contribution in [0, 0.1) is 5.92 Å². The molecule has 2 N–H and O–H groups in total. The van der Waals surface area contributed by atoms with Crippen molar-refractivity contribution in [2.24, 2.45) is 5.92 Å². The van der Waals surface area contributed by atoms with Crippen molar-refractivity contribution in [3.05, 3.63) is 51.4 Å². The Labute approximate surface area is 104 Å². The van der Waals surface area contributed by atoms with Gasteiger partial charge < -0.3 is 14.6 Å². The average molecular weight is 246 g/mol. The molecule has 0 bridgehead atoms. The Morgan fingerprint density at radius 1 is 1.33 bits per heavy atom. The monoisotopic (exact) mass is 246 g/mol. The first-order chi connectivity index (χ1) is 8.63. The molecule has 0 amide bonds. The second-order valence-corrected chi connectivity index (χ2v) is 4.14. The van der Waals surface area contributed by atoms with E-state index in [1.165, 1.54) is 0 Å². The van der Waals surface area contributed by atoms with Crippen LogP contribution in [0.2, 0.25) is 0 Å². The summed E-state index contributed by atoms with van der Waals surface area (Å²) < 4.78 is 5.17. The molecule has 1 aliphatic carbocycles. The number of aliphatic hydroxyl groups is 1. The van der Waals surface area contributed by atoms with Crippen LogP contribution in [0.25, 0.3) is 11.6 Å². The van der Waals surface area contributed by atoms with Crippen molar-refractivity contribution >= 4 is 11.6 Å². The Kier molecular flexibility index (Phi) is 3.48. The molecule has 1 atom stereocenters. The van der Waals surface area contributed by atoms with Gasteiger partial charge in [0.1, 0.15) is 11.2 Å². The molecule has 2 rings (SSSR count). The van der Waals surface area contributed by atoms with Gasteiger partial charge in [0.25, 0.3) is 0 Å². The van der Waals surface area contributed by atoms with E-state index < -0.39 is 5.63 Å². The Hall–Kier alpha value is -2.07. The fourth-order valence-corrected chi connectivity index (χ4v) is 1.80. The van der Waals surface area contributed by atoms with E-state index in [4.69, 9.17) is 4.42 Å². The molecule has 1 heterocycles. The first-order valence-corrected chi connectivity index (χ1v) is 5.66. The Morgan fingerprint density at radius 3 is 2.83 bits per heavy atom. The number of hydrogen-bond acceptors (Lipinski definition) is 4. The summed E-state index contributed by atoms with van der Waals surface area (Å²) in [5.74, 6) is -0.311. The summed E-state index contributed by atoms with van der Waals surface area (Å²) in [6.07, 6.45) is 8.78. The molecule has 0 radical (unpaired) electrons. The molecule has 4 heteroatoms. The lowest BCUT2D eigenvalue weighted by Gasteiger charge is -2.09. The van der Waals surface area contributed by atoms with Crippen molar-refractivity contribution in [1.82, 2.24) is 0 Å². The van der Waals surface area contributed by atoms with Crippen LogP contribution in [0.15, 0.2) is 39.6 Å². The fourth-order valence-electron chi connectivity index (χ4n) is 1.80. The topological polar surface area (TPSA) is 70.7 Å². The van der Waals surface area contributed by atoms with Crippen LogP contribution >= 0.6 is 0 Å². The van der Waals surface area contributed by atoms with Crippen LogP contribution in [0.3, 0.4) is 0 Å². The highest BCUT2D eigenvalue weighted by Gasteiger charge is 2.11. The van der Waals surface area contributed by atoms with E-state index in [1.807, 2.05) is 6.92 Å². The third-order valence-corrected chi connectivity index (χ3v) is 2.81. The molecule has 0 aromatic carbocycles. The molecule has 0 fully saturated rings. The predicted octanol–water partition coefficient (Wildman–Crippen LogP) is 0.0310. The third kappa shape index (κ3) is 2.28. The van der Waals surface area contributed by atoms with Crippen molar-refractivity contribution in [1.29, 1.82) is 0 Å². The van der Waals surface area contributed by atoms with Crippen molar-refractivity contribution < 1.29 is 14.6 Å². The van der Waals surface area contributed by atoms with Gasteiger partial charge in [-0.15, -0.1) is 0 Å². The van der Waals surface area contributed by atoms with Gasteiger partial charge in [-0.25, -0.2) is 4.79 Å². The average Bonchev–Trinajstić information content (AvgIpc) is 2.31. The summed E-state index contributed by atoms with van der Waals surface area (Å²) in [6, 6.07) is 1.04. The molecular formula is C14H14O4. The molecular weight excluding hydrogens is 232 g/mol. The number of allylic oxidation sites excluding steroid dienone is 4. The molecule has 94 valence electrons. The van der Waals surface area contributed by atoms with Crippen molar-refractivity contribution in [3.63, 3.8) is 0 Å². The minimum Gasteiger partial charge on any atom is -0.507 e. The highest BCUT2D eigenvalue weighted by atomic mass is 16.4. The summed E-state index contributed by atoms with van der Waals surface area (Å²) in [7, 11) is 0. The van der Waals surface area contributed by atoms with Gasteiger partial charge in [-0.05, 0) is 6.08 Å². The van der Waals surface area contributed by atoms with Crippen LogP contribution in [0.1, 0.15) is 6.92 Å². The van der Waals surface area contributed by atoms with Crippen molar-refractivity contribution in [2.75, 3.05) is 6.61 Å². The van der Waals surface area contributed by atoms with E-state index in [0.717, 1.165) is 6.07 Å². The summed E-state index contributed by atoms with van der Waals surface area (Å²) in [4.78, 5) is 11.4. The van der Waals surface area contributed by atoms with E-state index >= 15 is 0 Å². The van der Waals surface area contributed by atoms with Crippen molar-refractivity contribution in [2.45, 2.75) is 6.92 Å². The normalized spacial score (nSPS) is 19.2. The van der Waals surface area contributed by atoms with Gasteiger partial charge in [0.2, 0.25) is 0 Å². The predicted molar refractivity (Wildman–Crippen MR) is 68.3 cm³/mol. The lowest BCUT2D eigenvalue weighted by molar-refractivity contribution is 0.264. The van der Waals surface area contributed by atoms with Gasteiger partial charge in [-0.3, -0.25) is 0 Å². The number of aromatic hydroxyl groups is 1. The third-order valence-electron chi connectivity index (χ3n) is 2.81. The molecule has 0 saturated heterocycles. The largest absolute Gasteiger partial charge is 0.507 e. The quantitative estimate of drug-likeness (QED) is 0.772. The molecule has 1 unspecified atom stereocenters. The van der Waals surface area contributed by atoms with Crippen molar-refractivity contribution in [3.8, 4) is 5.75 Å². The highest BCUT2D eigenvalue weighted by Crippen LogP contribution is 2.11. The zero-order chi connectivity index (χ0) is 13.1. The van der Waals surface area contributed by atoms with Gasteiger partial charge in [-0.2, -0.15) is 0 Å². The maximum atomic E-state index is 11.4. The second-order valence-electron chi connectivity index (χ2n) is 4.14. The van der Waals surface area contributed by atoms with E-state index in [-0.39, 0.29) is 18.3 Å². The zero-order valence-electron chi connectivity index (χ0n) is 9.96. The van der Waals surface area contributed by atoms with Crippen LogP contribution in [0.4, 0.5) is 0 Å². The minimum absolute atomic E-state index is 0.0673. The smallest absolute Gasteiger partial charge is 0.339 e. The maximum absolute atomic E-state index is 11.4. The molecule has 0 spiro atoms. The molecule has 1 aliphatic rings. The first-order valence-electron chi connectivity index (χ1n) is 5.66. The SMILES string of the molecule is CC(CO)C1=c2oc(=O)cc(O)/c2=C/C=C\C=C1. The van der Waals surface area contributed by atoms with Gasteiger partial charge in [0.15, 0.2) is 0 Å². The van der Waals surface area contributed by atoms with E-state index in [0.29, 0.717) is 16.2 Å². The molecule has 1 aromatic heterocycles. The minimum atomic E-state index is -0.611. The Morgan fingerprint density at radius 2 is 2.11 bits per heavy atom. The fraction of sp³-hybridized carbons (Fsp3) is 0.214. The van der Waals surface area contributed by atoms with Gasteiger partial charge >= 0.3 is 5.63 Å². The summed E-state index contributed by atoms with van der Waals surface area (Å²) in [5.41, 5.74) is 0.378. The molecule has 18 heavy (non-hydrogen) atoms.